The first-order valence-electron chi connectivity index (χ1n) is 5.30. The summed E-state index contributed by atoms with van der Waals surface area (Å²) < 4.78 is 0. The SMILES string of the molecule is CCCC/C=C/C=C/CCCC(=O)O. The van der Waals surface area contributed by atoms with Crippen molar-refractivity contribution in [2.45, 2.75) is 45.4 Å². The van der Waals surface area contributed by atoms with Crippen LogP contribution in [0.25, 0.3) is 0 Å². The molecule has 2 heteroatoms. The monoisotopic (exact) mass is 196 g/mol. The molecule has 0 rings (SSSR count). The third kappa shape index (κ3) is 11.0. The summed E-state index contributed by atoms with van der Waals surface area (Å²) in [6.45, 7) is 2.18. The smallest absolute Gasteiger partial charge is 0.303 e. The van der Waals surface area contributed by atoms with Crippen molar-refractivity contribution in [1.29, 1.82) is 0 Å². The van der Waals surface area contributed by atoms with Crippen LogP contribution >= 0.6 is 0 Å². The second-order valence-electron chi connectivity index (χ2n) is 3.28. The molecule has 0 unspecified atom stereocenters. The number of hydrogen-bond donors (Lipinski definition) is 1. The fraction of sp³-hybridized carbons (Fsp3) is 0.583. The molecule has 0 saturated heterocycles. The van der Waals surface area contributed by atoms with Crippen molar-refractivity contribution in [1.82, 2.24) is 0 Å². The average Bonchev–Trinajstić information content (AvgIpc) is 2.15. The van der Waals surface area contributed by atoms with E-state index in [1.54, 1.807) is 0 Å². The molecule has 14 heavy (non-hydrogen) atoms. The van der Waals surface area contributed by atoms with Crippen LogP contribution in [0.15, 0.2) is 24.3 Å². The zero-order valence-corrected chi connectivity index (χ0v) is 8.91. The quantitative estimate of drug-likeness (QED) is 0.476. The Balaban J connectivity index is 3.26. The molecular formula is C12H20O2. The van der Waals surface area contributed by atoms with Gasteiger partial charge in [0.05, 0.1) is 0 Å². The molecule has 0 aliphatic rings. The van der Waals surface area contributed by atoms with Crippen LogP contribution < -0.4 is 0 Å². The van der Waals surface area contributed by atoms with Gasteiger partial charge in [-0.05, 0) is 19.3 Å². The van der Waals surface area contributed by atoms with E-state index in [4.69, 9.17) is 5.11 Å². The summed E-state index contributed by atoms with van der Waals surface area (Å²) in [5, 5.41) is 8.38. The topological polar surface area (TPSA) is 37.3 Å². The maximum atomic E-state index is 10.2. The van der Waals surface area contributed by atoms with Crippen LogP contribution in [-0.2, 0) is 4.79 Å². The summed E-state index contributed by atoms with van der Waals surface area (Å²) in [7, 11) is 0. The largest absolute Gasteiger partial charge is 0.481 e. The van der Waals surface area contributed by atoms with Gasteiger partial charge in [0.2, 0.25) is 0 Å². The van der Waals surface area contributed by atoms with Gasteiger partial charge in [-0.15, -0.1) is 0 Å². The van der Waals surface area contributed by atoms with Crippen LogP contribution in [0.5, 0.6) is 0 Å². The summed E-state index contributed by atoms with van der Waals surface area (Å²) in [5.74, 6) is -0.711. The minimum Gasteiger partial charge on any atom is -0.481 e. The highest BCUT2D eigenvalue weighted by Crippen LogP contribution is 1.98. The Bertz CT molecular complexity index is 192. The van der Waals surface area contributed by atoms with Gasteiger partial charge in [0.15, 0.2) is 0 Å². The first-order valence-corrected chi connectivity index (χ1v) is 5.30. The number of allylic oxidation sites excluding steroid dienone is 4. The van der Waals surface area contributed by atoms with Crippen molar-refractivity contribution in [3.05, 3.63) is 24.3 Å². The molecule has 0 atom stereocenters. The second-order valence-corrected chi connectivity index (χ2v) is 3.28. The fourth-order valence-corrected chi connectivity index (χ4v) is 1.04. The van der Waals surface area contributed by atoms with E-state index in [9.17, 15) is 4.79 Å². The highest BCUT2D eigenvalue weighted by Gasteiger charge is 1.92. The summed E-state index contributed by atoms with van der Waals surface area (Å²) >= 11 is 0. The van der Waals surface area contributed by atoms with Gasteiger partial charge in [-0.3, -0.25) is 4.79 Å². The third-order valence-corrected chi connectivity index (χ3v) is 1.87. The summed E-state index contributed by atoms with van der Waals surface area (Å²) in [6, 6.07) is 0. The van der Waals surface area contributed by atoms with E-state index in [-0.39, 0.29) is 6.42 Å². The molecule has 0 amide bonds. The van der Waals surface area contributed by atoms with Crippen molar-refractivity contribution >= 4 is 5.97 Å². The molecule has 2 nitrogen and oxygen atoms in total. The standard InChI is InChI=1S/C12H20O2/c1-2-3-4-5-6-7-8-9-10-11-12(13)14/h5-8H,2-4,9-11H2,1H3,(H,13,14)/b6-5+,8-7+. The Morgan fingerprint density at radius 1 is 1.14 bits per heavy atom. The summed E-state index contributed by atoms with van der Waals surface area (Å²) in [5.41, 5.74) is 0. The molecule has 0 fully saturated rings. The summed E-state index contributed by atoms with van der Waals surface area (Å²) in [4.78, 5) is 10.2. The van der Waals surface area contributed by atoms with Crippen molar-refractivity contribution in [2.75, 3.05) is 0 Å². The molecular weight excluding hydrogens is 176 g/mol. The molecule has 0 heterocycles. The maximum absolute atomic E-state index is 10.2. The van der Waals surface area contributed by atoms with E-state index in [1.807, 2.05) is 18.2 Å². The van der Waals surface area contributed by atoms with E-state index in [0.29, 0.717) is 0 Å². The Morgan fingerprint density at radius 3 is 2.21 bits per heavy atom. The molecule has 0 aliphatic heterocycles. The van der Waals surface area contributed by atoms with Crippen LogP contribution in [0.3, 0.4) is 0 Å². The third-order valence-electron chi connectivity index (χ3n) is 1.87. The van der Waals surface area contributed by atoms with Crippen molar-refractivity contribution in [3.63, 3.8) is 0 Å². The first-order chi connectivity index (χ1) is 6.77. The second kappa shape index (κ2) is 10.0. The van der Waals surface area contributed by atoms with Crippen LogP contribution in [-0.4, -0.2) is 11.1 Å². The molecule has 1 N–H and O–H groups in total. The number of unbranched alkanes of at least 4 members (excludes halogenated alkanes) is 3. The predicted molar refractivity (Wildman–Crippen MR) is 59.3 cm³/mol. The maximum Gasteiger partial charge on any atom is 0.303 e. The van der Waals surface area contributed by atoms with E-state index in [0.717, 1.165) is 19.3 Å². The zero-order valence-electron chi connectivity index (χ0n) is 8.91. The van der Waals surface area contributed by atoms with Crippen molar-refractivity contribution in [3.8, 4) is 0 Å². The van der Waals surface area contributed by atoms with Crippen LogP contribution in [0.4, 0.5) is 0 Å². The molecule has 0 aliphatic carbocycles. The molecule has 0 aromatic carbocycles. The number of carboxylic acid groups (broad SMARTS) is 1. The fourth-order valence-electron chi connectivity index (χ4n) is 1.04. The average molecular weight is 196 g/mol. The number of rotatable bonds is 8. The molecule has 0 saturated carbocycles. The highest BCUT2D eigenvalue weighted by molar-refractivity contribution is 5.66. The van der Waals surface area contributed by atoms with Gasteiger partial charge in [0, 0.05) is 6.42 Å². The number of carboxylic acids is 1. The molecule has 0 aromatic rings. The minimum atomic E-state index is -0.711. The number of hydrogen-bond acceptors (Lipinski definition) is 1. The van der Waals surface area contributed by atoms with Crippen LogP contribution in [0, 0.1) is 0 Å². The van der Waals surface area contributed by atoms with Crippen molar-refractivity contribution in [2.24, 2.45) is 0 Å². The Kier molecular flexibility index (Phi) is 9.28. The minimum absolute atomic E-state index is 0.268. The van der Waals surface area contributed by atoms with Gasteiger partial charge >= 0.3 is 5.97 Å². The lowest BCUT2D eigenvalue weighted by Gasteiger charge is -1.89. The zero-order chi connectivity index (χ0) is 10.6. The van der Waals surface area contributed by atoms with Gasteiger partial charge in [0.1, 0.15) is 0 Å². The number of aliphatic carboxylic acids is 1. The molecule has 0 spiro atoms. The molecule has 0 bridgehead atoms. The Labute approximate surface area is 86.3 Å². The van der Waals surface area contributed by atoms with Gasteiger partial charge < -0.3 is 5.11 Å². The van der Waals surface area contributed by atoms with E-state index in [1.165, 1.54) is 12.8 Å². The predicted octanol–water partition coefficient (Wildman–Crippen LogP) is 3.54. The van der Waals surface area contributed by atoms with Gasteiger partial charge in [-0.25, -0.2) is 0 Å². The Hall–Kier alpha value is -1.05. The van der Waals surface area contributed by atoms with Gasteiger partial charge in [-0.2, -0.15) is 0 Å². The molecule has 0 aromatic heterocycles. The normalized spacial score (nSPS) is 11.5. The van der Waals surface area contributed by atoms with Gasteiger partial charge in [-0.1, -0.05) is 44.1 Å². The Morgan fingerprint density at radius 2 is 1.71 bits per heavy atom. The first kappa shape index (κ1) is 12.9. The van der Waals surface area contributed by atoms with Crippen LogP contribution in [0.1, 0.15) is 45.4 Å². The van der Waals surface area contributed by atoms with Crippen molar-refractivity contribution < 1.29 is 9.90 Å². The number of carbonyl (C=O) groups is 1. The lowest BCUT2D eigenvalue weighted by molar-refractivity contribution is -0.137. The molecule has 80 valence electrons. The highest BCUT2D eigenvalue weighted by atomic mass is 16.4. The van der Waals surface area contributed by atoms with E-state index >= 15 is 0 Å². The van der Waals surface area contributed by atoms with E-state index < -0.39 is 5.97 Å². The lowest BCUT2D eigenvalue weighted by Crippen LogP contribution is -1.92. The molecule has 0 radical (unpaired) electrons. The lowest BCUT2D eigenvalue weighted by atomic mass is 10.2. The van der Waals surface area contributed by atoms with Crippen LogP contribution in [0.2, 0.25) is 0 Å². The van der Waals surface area contributed by atoms with Gasteiger partial charge in [0.25, 0.3) is 0 Å². The van der Waals surface area contributed by atoms with E-state index in [2.05, 4.69) is 13.0 Å². The summed E-state index contributed by atoms with van der Waals surface area (Å²) in [6.07, 6.45) is 13.7.